The number of rotatable bonds is 6. The molecule has 134 valence electrons. The molecule has 1 heterocycles. The van der Waals surface area contributed by atoms with Gasteiger partial charge in [-0.3, -0.25) is 9.59 Å². The number of hydrogen-bond acceptors (Lipinski definition) is 5. The molecule has 2 N–H and O–H groups in total. The van der Waals surface area contributed by atoms with Crippen molar-refractivity contribution in [3.05, 3.63) is 40.7 Å². The van der Waals surface area contributed by atoms with E-state index in [0.29, 0.717) is 11.4 Å². The van der Waals surface area contributed by atoms with Gasteiger partial charge < -0.3 is 10.6 Å². The molecule has 0 atom stereocenters. The lowest BCUT2D eigenvalue weighted by atomic mass is 10.2. The van der Waals surface area contributed by atoms with E-state index in [-0.39, 0.29) is 21.7 Å². The highest BCUT2D eigenvalue weighted by atomic mass is 35.5. The van der Waals surface area contributed by atoms with Gasteiger partial charge in [0.05, 0.1) is 17.3 Å². The average Bonchev–Trinajstić information content (AvgIpc) is 3.04. The molecule has 0 spiro atoms. The first-order chi connectivity index (χ1) is 11.7. The van der Waals surface area contributed by atoms with Gasteiger partial charge in [0.2, 0.25) is 11.8 Å². The quantitative estimate of drug-likeness (QED) is 0.777. The number of halogens is 1. The number of nitrogens with zero attached hydrogens (tertiary/aromatic N) is 1. The monoisotopic (exact) mass is 401 g/mol. The first-order valence-corrected chi connectivity index (χ1v) is 9.77. The third kappa shape index (κ3) is 5.02. The standard InChI is InChI=1S/C15H16ClN3O4S2/c1-10(20)17-11-5-6-13(12(16)8-11)18-14(21)9-19(2)25(22,23)15-4-3-7-24-15/h3-8H,9H2,1-2H3,(H,17,20)(H,18,21). The molecule has 2 amide bonds. The molecule has 0 saturated heterocycles. The van der Waals surface area contributed by atoms with Gasteiger partial charge in [-0.25, -0.2) is 8.42 Å². The number of benzene rings is 1. The van der Waals surface area contributed by atoms with E-state index in [1.54, 1.807) is 17.5 Å². The van der Waals surface area contributed by atoms with Crippen LogP contribution < -0.4 is 10.6 Å². The van der Waals surface area contributed by atoms with Crippen molar-refractivity contribution in [3.8, 4) is 0 Å². The number of sulfonamides is 1. The Morgan fingerprint density at radius 1 is 1.24 bits per heavy atom. The van der Waals surface area contributed by atoms with Crippen molar-refractivity contribution in [1.82, 2.24) is 4.31 Å². The predicted octanol–water partition coefficient (Wildman–Crippen LogP) is 2.62. The molecule has 7 nitrogen and oxygen atoms in total. The summed E-state index contributed by atoms with van der Waals surface area (Å²) in [6.45, 7) is 1.01. The Morgan fingerprint density at radius 3 is 2.52 bits per heavy atom. The van der Waals surface area contributed by atoms with Gasteiger partial charge in [-0.2, -0.15) is 4.31 Å². The maximum absolute atomic E-state index is 12.3. The second-order valence-corrected chi connectivity index (χ2v) is 8.74. The predicted molar refractivity (Wildman–Crippen MR) is 98.5 cm³/mol. The van der Waals surface area contributed by atoms with Crippen LogP contribution in [0.15, 0.2) is 39.9 Å². The molecule has 0 unspecified atom stereocenters. The van der Waals surface area contributed by atoms with Crippen LogP contribution in [-0.2, 0) is 19.6 Å². The van der Waals surface area contributed by atoms with E-state index in [1.165, 1.54) is 32.2 Å². The highest BCUT2D eigenvalue weighted by Gasteiger charge is 2.24. The van der Waals surface area contributed by atoms with Crippen LogP contribution in [-0.4, -0.2) is 38.1 Å². The number of hydrogen-bond donors (Lipinski definition) is 2. The number of carbonyl (C=O) groups is 2. The first-order valence-electron chi connectivity index (χ1n) is 7.07. The Hall–Kier alpha value is -1.94. The smallest absolute Gasteiger partial charge is 0.252 e. The summed E-state index contributed by atoms with van der Waals surface area (Å²) in [5.41, 5.74) is 0.815. The molecule has 2 rings (SSSR count). The summed E-state index contributed by atoms with van der Waals surface area (Å²) in [6, 6.07) is 7.70. The van der Waals surface area contributed by atoms with E-state index in [0.717, 1.165) is 15.6 Å². The van der Waals surface area contributed by atoms with Crippen molar-refractivity contribution in [2.45, 2.75) is 11.1 Å². The Labute approximate surface area is 154 Å². The van der Waals surface area contributed by atoms with Gasteiger partial charge in [-0.1, -0.05) is 17.7 Å². The summed E-state index contributed by atoms with van der Waals surface area (Å²) in [4.78, 5) is 23.1. The number of likely N-dealkylation sites (N-methyl/N-ethyl adjacent to an activating group) is 1. The molecule has 0 aliphatic rings. The molecule has 0 saturated carbocycles. The van der Waals surface area contributed by atoms with Crippen molar-refractivity contribution < 1.29 is 18.0 Å². The topological polar surface area (TPSA) is 95.6 Å². The van der Waals surface area contributed by atoms with E-state index in [1.807, 2.05) is 0 Å². The van der Waals surface area contributed by atoms with E-state index in [2.05, 4.69) is 10.6 Å². The summed E-state index contributed by atoms with van der Waals surface area (Å²) in [5, 5.41) is 7.00. The third-order valence-corrected chi connectivity index (χ3v) is 6.58. The Balaban J connectivity index is 2.04. The van der Waals surface area contributed by atoms with Crippen molar-refractivity contribution in [1.29, 1.82) is 0 Å². The van der Waals surface area contributed by atoms with Gasteiger partial charge in [0.25, 0.3) is 10.0 Å². The lowest BCUT2D eigenvalue weighted by Gasteiger charge is -2.16. The molecule has 1 aromatic heterocycles. The van der Waals surface area contributed by atoms with Crippen LogP contribution >= 0.6 is 22.9 Å². The normalized spacial score (nSPS) is 11.4. The van der Waals surface area contributed by atoms with Gasteiger partial charge >= 0.3 is 0 Å². The van der Waals surface area contributed by atoms with Crippen LogP contribution in [0.1, 0.15) is 6.92 Å². The van der Waals surface area contributed by atoms with Crippen LogP contribution in [0.3, 0.4) is 0 Å². The Bertz CT molecular complexity index is 882. The number of carbonyl (C=O) groups excluding carboxylic acids is 2. The van der Waals surface area contributed by atoms with E-state index < -0.39 is 15.9 Å². The maximum atomic E-state index is 12.3. The summed E-state index contributed by atoms with van der Waals surface area (Å²) >= 11 is 7.15. The minimum atomic E-state index is -3.70. The van der Waals surface area contributed by atoms with Gasteiger partial charge in [-0.05, 0) is 29.6 Å². The molecule has 1 aromatic carbocycles. The fourth-order valence-electron chi connectivity index (χ4n) is 1.94. The van der Waals surface area contributed by atoms with E-state index in [4.69, 9.17) is 11.6 Å². The number of anilines is 2. The summed E-state index contributed by atoms with van der Waals surface area (Å²) < 4.78 is 25.7. The van der Waals surface area contributed by atoms with Crippen LogP contribution in [0, 0.1) is 0 Å². The average molecular weight is 402 g/mol. The molecule has 2 aromatic rings. The second-order valence-electron chi connectivity index (χ2n) is 5.12. The first kappa shape index (κ1) is 19.4. The van der Waals surface area contributed by atoms with Crippen molar-refractivity contribution in [3.63, 3.8) is 0 Å². The van der Waals surface area contributed by atoms with Crippen LogP contribution in [0.25, 0.3) is 0 Å². The Kier molecular flexibility index (Phi) is 6.17. The zero-order valence-electron chi connectivity index (χ0n) is 13.4. The van der Waals surface area contributed by atoms with E-state index in [9.17, 15) is 18.0 Å². The van der Waals surface area contributed by atoms with Crippen molar-refractivity contribution in [2.24, 2.45) is 0 Å². The highest BCUT2D eigenvalue weighted by molar-refractivity contribution is 7.91. The zero-order valence-corrected chi connectivity index (χ0v) is 15.8. The van der Waals surface area contributed by atoms with Gasteiger partial charge in [0.15, 0.2) is 0 Å². The third-order valence-electron chi connectivity index (χ3n) is 3.09. The molecule has 0 aliphatic heterocycles. The van der Waals surface area contributed by atoms with Gasteiger partial charge in [-0.15, -0.1) is 11.3 Å². The summed E-state index contributed by atoms with van der Waals surface area (Å²) in [5.74, 6) is -0.773. The molecule has 0 fully saturated rings. The van der Waals surface area contributed by atoms with Crippen molar-refractivity contribution >= 4 is 56.2 Å². The van der Waals surface area contributed by atoms with Crippen LogP contribution in [0.4, 0.5) is 11.4 Å². The summed E-state index contributed by atoms with van der Waals surface area (Å²) in [7, 11) is -2.37. The van der Waals surface area contributed by atoms with Crippen LogP contribution in [0.2, 0.25) is 5.02 Å². The minimum Gasteiger partial charge on any atom is -0.326 e. The highest BCUT2D eigenvalue weighted by Crippen LogP contribution is 2.26. The molecule has 0 radical (unpaired) electrons. The second kappa shape index (κ2) is 7.96. The largest absolute Gasteiger partial charge is 0.326 e. The van der Waals surface area contributed by atoms with Crippen molar-refractivity contribution in [2.75, 3.05) is 24.2 Å². The molecule has 10 heteroatoms. The number of amides is 2. The maximum Gasteiger partial charge on any atom is 0.252 e. The molecule has 0 bridgehead atoms. The van der Waals surface area contributed by atoms with E-state index >= 15 is 0 Å². The number of thiophene rings is 1. The minimum absolute atomic E-state index is 0.167. The Morgan fingerprint density at radius 2 is 1.96 bits per heavy atom. The van der Waals surface area contributed by atoms with Gasteiger partial charge in [0.1, 0.15) is 4.21 Å². The SMILES string of the molecule is CC(=O)Nc1ccc(NC(=O)CN(C)S(=O)(=O)c2cccs2)c(Cl)c1. The summed E-state index contributed by atoms with van der Waals surface area (Å²) in [6.07, 6.45) is 0. The molecular weight excluding hydrogens is 386 g/mol. The lowest BCUT2D eigenvalue weighted by Crippen LogP contribution is -2.34. The van der Waals surface area contributed by atoms with Crippen LogP contribution in [0.5, 0.6) is 0 Å². The number of nitrogens with one attached hydrogen (secondary N) is 2. The molecule has 0 aliphatic carbocycles. The fourth-order valence-corrected chi connectivity index (χ4v) is 4.49. The van der Waals surface area contributed by atoms with Gasteiger partial charge in [0, 0.05) is 19.7 Å². The fraction of sp³-hybridized carbons (Fsp3) is 0.200. The lowest BCUT2D eigenvalue weighted by molar-refractivity contribution is -0.116. The zero-order chi connectivity index (χ0) is 18.6. The molecule has 25 heavy (non-hydrogen) atoms. The molecular formula is C15H16ClN3O4S2.